The normalized spacial score (nSPS) is 28.3. The van der Waals surface area contributed by atoms with Crippen LogP contribution in [0.15, 0.2) is 29.7 Å². The van der Waals surface area contributed by atoms with Gasteiger partial charge in [0.25, 0.3) is 11.4 Å². The first kappa shape index (κ1) is 35.2. The minimum atomic E-state index is -2.01. The monoisotopic (exact) mass is 676 g/mol. The maximum atomic E-state index is 14.0. The number of hydrogen-bond acceptors (Lipinski definition) is 14. The number of allylic oxidation sites excluding steroid dienone is 1. The van der Waals surface area contributed by atoms with Crippen LogP contribution >= 0.6 is 0 Å². The van der Waals surface area contributed by atoms with Crippen molar-refractivity contribution in [2.45, 2.75) is 84.6 Å². The Labute approximate surface area is 275 Å². The fourth-order valence-corrected chi connectivity index (χ4v) is 6.85. The van der Waals surface area contributed by atoms with Gasteiger partial charge in [0.05, 0.1) is 64.7 Å². The second kappa shape index (κ2) is 11.8. The van der Waals surface area contributed by atoms with Crippen molar-refractivity contribution in [3.05, 3.63) is 55.5 Å². The molecule has 5 rings (SSSR count). The molecule has 5 atom stereocenters. The summed E-state index contributed by atoms with van der Waals surface area (Å²) in [5, 5.41) is 35.0. The fraction of sp³-hybridized carbons (Fsp3) is 0.656. The second-order valence-electron chi connectivity index (χ2n) is 14.7. The minimum Gasteiger partial charge on any atom is -0.488 e. The number of nitro benzene ring substituents is 2. The Hall–Kier alpha value is -4.15. The number of carbonyl (C=O) groups is 3. The Bertz CT molecular complexity index is 1550. The molecule has 1 heterocycles. The van der Waals surface area contributed by atoms with Gasteiger partial charge < -0.3 is 33.5 Å². The molecule has 0 radical (unpaired) electrons. The number of hydrogen-bond donors (Lipinski definition) is 1. The summed E-state index contributed by atoms with van der Waals surface area (Å²) in [5.41, 5.74) is -5.73. The molecular weight excluding hydrogens is 636 g/mol. The zero-order valence-electron chi connectivity index (χ0n) is 28.0. The van der Waals surface area contributed by atoms with Crippen molar-refractivity contribution < 1.29 is 57.8 Å². The number of nitro groups is 2. The van der Waals surface area contributed by atoms with Crippen LogP contribution in [0.2, 0.25) is 0 Å². The van der Waals surface area contributed by atoms with Crippen LogP contribution in [0.5, 0.6) is 0 Å². The number of non-ortho nitro benzene ring substituents is 2. The van der Waals surface area contributed by atoms with Crippen LogP contribution in [-0.2, 0) is 38.0 Å². The van der Waals surface area contributed by atoms with Crippen LogP contribution in [0.1, 0.15) is 65.7 Å². The number of fused-ring (bicyclic) bond motifs is 5. The lowest BCUT2D eigenvalue weighted by Gasteiger charge is -2.41. The molecule has 1 aromatic rings. The zero-order valence-corrected chi connectivity index (χ0v) is 28.0. The summed E-state index contributed by atoms with van der Waals surface area (Å²) in [5.74, 6) is -8.58. The van der Waals surface area contributed by atoms with E-state index in [0.29, 0.717) is 6.07 Å². The molecular formula is C32H40N2O14. The van der Waals surface area contributed by atoms with Gasteiger partial charge >= 0.3 is 11.9 Å². The van der Waals surface area contributed by atoms with E-state index < -0.39 is 104 Å². The van der Waals surface area contributed by atoms with Gasteiger partial charge in [-0.1, -0.05) is 13.8 Å². The molecule has 0 aromatic heterocycles. The van der Waals surface area contributed by atoms with E-state index in [2.05, 4.69) is 0 Å². The summed E-state index contributed by atoms with van der Waals surface area (Å²) in [6.45, 7) is 13.5. The van der Waals surface area contributed by atoms with Gasteiger partial charge in [-0.3, -0.25) is 29.8 Å². The standard InChI is InChI=1S/C32H40N2O14/c1-15(2)46-24-23(35)21-20(22-25(31(21,38)26(24)47-16(3)4)32(22)44-12-29(5,6)13-45-32)28(37)43-14-30(7,8)48-27(36)17-9-18(33(39)40)11-19(10-17)34(41)42/h9-11,15-16,20-22,25,38H,12-14H2,1-8H3/t20-,21+,22+,25+,31+/m1/s1. The summed E-state index contributed by atoms with van der Waals surface area (Å²) < 4.78 is 35.5. The Morgan fingerprint density at radius 3 is 2.04 bits per heavy atom. The third kappa shape index (κ3) is 5.89. The van der Waals surface area contributed by atoms with Gasteiger partial charge in [-0.15, -0.1) is 0 Å². The molecule has 4 aliphatic rings. The molecule has 1 aromatic carbocycles. The number of nitrogens with zero attached hydrogens (tertiary/aromatic N) is 2. The third-order valence-corrected chi connectivity index (χ3v) is 8.77. The summed E-state index contributed by atoms with van der Waals surface area (Å²) in [4.78, 5) is 61.7. The number of aliphatic hydroxyl groups is 1. The smallest absolute Gasteiger partial charge is 0.339 e. The van der Waals surface area contributed by atoms with Crippen molar-refractivity contribution in [2.75, 3.05) is 19.8 Å². The van der Waals surface area contributed by atoms with E-state index in [1.54, 1.807) is 27.7 Å². The quantitative estimate of drug-likeness (QED) is 0.201. The van der Waals surface area contributed by atoms with E-state index in [-0.39, 0.29) is 30.1 Å². The average molecular weight is 677 g/mol. The average Bonchev–Trinajstić information content (AvgIpc) is 3.46. The topological polar surface area (TPSA) is 213 Å². The molecule has 16 heteroatoms. The van der Waals surface area contributed by atoms with E-state index in [1.165, 1.54) is 13.8 Å². The molecule has 0 unspecified atom stereocenters. The predicted molar refractivity (Wildman–Crippen MR) is 162 cm³/mol. The lowest BCUT2D eigenvalue weighted by molar-refractivity contribution is -0.394. The summed E-state index contributed by atoms with van der Waals surface area (Å²) in [6, 6.07) is 2.38. The number of rotatable bonds is 11. The second-order valence-corrected chi connectivity index (χ2v) is 14.7. The zero-order chi connectivity index (χ0) is 35.7. The molecule has 262 valence electrons. The Morgan fingerprint density at radius 1 is 1.00 bits per heavy atom. The lowest BCUT2D eigenvalue weighted by atomic mass is 9.79. The number of ether oxygens (including phenoxy) is 6. The highest BCUT2D eigenvalue weighted by atomic mass is 16.7. The highest BCUT2D eigenvalue weighted by Crippen LogP contribution is 2.76. The van der Waals surface area contributed by atoms with Crippen molar-refractivity contribution in [3.8, 4) is 0 Å². The van der Waals surface area contributed by atoms with Gasteiger partial charge in [0.1, 0.15) is 17.8 Å². The molecule has 16 nitrogen and oxygen atoms in total. The molecule has 3 aliphatic carbocycles. The van der Waals surface area contributed by atoms with Crippen LogP contribution in [0.4, 0.5) is 11.4 Å². The summed E-state index contributed by atoms with van der Waals surface area (Å²) in [7, 11) is 0. The number of esters is 2. The fourth-order valence-electron chi connectivity index (χ4n) is 6.85. The Morgan fingerprint density at radius 2 is 1.54 bits per heavy atom. The van der Waals surface area contributed by atoms with Crippen LogP contribution in [0.25, 0.3) is 0 Å². The van der Waals surface area contributed by atoms with E-state index in [1.807, 2.05) is 13.8 Å². The molecule has 1 N–H and O–H groups in total. The van der Waals surface area contributed by atoms with Gasteiger partial charge in [0, 0.05) is 23.5 Å². The highest BCUT2D eigenvalue weighted by Gasteiger charge is 2.90. The van der Waals surface area contributed by atoms with Gasteiger partial charge in [-0.2, -0.15) is 0 Å². The largest absolute Gasteiger partial charge is 0.488 e. The number of benzene rings is 1. The maximum absolute atomic E-state index is 14.0. The molecule has 48 heavy (non-hydrogen) atoms. The first-order chi connectivity index (χ1) is 22.1. The molecule has 1 aliphatic heterocycles. The number of Topliss-reactive ketones (excluding diaryl/α,β-unsaturated/α-hetero) is 1. The van der Waals surface area contributed by atoms with Crippen molar-refractivity contribution >= 4 is 29.1 Å². The summed E-state index contributed by atoms with van der Waals surface area (Å²) >= 11 is 0. The molecule has 0 bridgehead atoms. The van der Waals surface area contributed by atoms with Crippen LogP contribution in [0, 0.1) is 49.3 Å². The van der Waals surface area contributed by atoms with Crippen LogP contribution in [0.3, 0.4) is 0 Å². The molecule has 3 fully saturated rings. The molecule has 2 saturated carbocycles. The Kier molecular flexibility index (Phi) is 8.62. The molecule has 1 spiro atoms. The van der Waals surface area contributed by atoms with Crippen LogP contribution in [-0.4, -0.2) is 81.7 Å². The van der Waals surface area contributed by atoms with E-state index in [4.69, 9.17) is 28.4 Å². The number of ketones is 1. The Balaban J connectivity index is 1.41. The van der Waals surface area contributed by atoms with E-state index in [0.717, 1.165) is 12.1 Å². The predicted octanol–water partition coefficient (Wildman–Crippen LogP) is 3.62. The van der Waals surface area contributed by atoms with E-state index >= 15 is 0 Å². The van der Waals surface area contributed by atoms with Crippen molar-refractivity contribution in [2.24, 2.45) is 29.1 Å². The van der Waals surface area contributed by atoms with Crippen LogP contribution < -0.4 is 0 Å². The van der Waals surface area contributed by atoms with Gasteiger partial charge in [-0.25, -0.2) is 4.79 Å². The van der Waals surface area contributed by atoms with Gasteiger partial charge in [-0.05, 0) is 41.5 Å². The van der Waals surface area contributed by atoms with Crippen molar-refractivity contribution in [1.82, 2.24) is 0 Å². The number of carbonyl (C=O) groups excluding carboxylic acids is 3. The van der Waals surface area contributed by atoms with Crippen molar-refractivity contribution in [3.63, 3.8) is 0 Å². The molecule has 1 saturated heterocycles. The van der Waals surface area contributed by atoms with Crippen molar-refractivity contribution in [1.29, 1.82) is 0 Å². The SMILES string of the molecule is CC(C)OC1=C(OC(C)C)[C@]2(O)[C@H](C1=O)[C@@H](C(=O)OCC(C)(C)OC(=O)c1cc([N+](=O)[O-])cc([N+](=O)[O-])c1)[C@H]1[C@@H]2C12OCC(C)(C)CO2. The van der Waals surface area contributed by atoms with Gasteiger partial charge in [0.2, 0.25) is 11.5 Å². The minimum absolute atomic E-state index is 0.0827. The maximum Gasteiger partial charge on any atom is 0.339 e. The lowest BCUT2D eigenvalue weighted by Crippen LogP contribution is -2.53. The first-order valence-corrected chi connectivity index (χ1v) is 15.6. The highest BCUT2D eigenvalue weighted by molar-refractivity contribution is 6.04. The molecule has 0 amide bonds. The summed E-state index contributed by atoms with van der Waals surface area (Å²) in [6.07, 6.45) is -0.923. The van der Waals surface area contributed by atoms with Gasteiger partial charge in [0.15, 0.2) is 11.5 Å². The third-order valence-electron chi connectivity index (χ3n) is 8.77. The first-order valence-electron chi connectivity index (χ1n) is 15.6. The van der Waals surface area contributed by atoms with E-state index in [9.17, 15) is 39.7 Å².